The highest BCUT2D eigenvalue weighted by Crippen LogP contribution is 2.38. The van der Waals surface area contributed by atoms with Crippen LogP contribution in [-0.4, -0.2) is 19.6 Å². The first-order valence-corrected chi connectivity index (χ1v) is 13.3. The average Bonchev–Trinajstić information content (AvgIpc) is 3.35. The van der Waals surface area contributed by atoms with Crippen molar-refractivity contribution in [1.29, 1.82) is 0 Å². The number of aromatic nitrogens is 1. The first kappa shape index (κ1) is 23.5. The Bertz CT molecular complexity index is 1530. The highest BCUT2D eigenvalue weighted by Gasteiger charge is 2.18. The van der Waals surface area contributed by atoms with E-state index in [1.807, 2.05) is 60.7 Å². The number of para-hydroxylation sites is 1. The molecule has 0 aliphatic carbocycles. The van der Waals surface area contributed by atoms with Crippen LogP contribution in [-0.2, 0) is 10.1 Å². The molecular weight excluding hydrogens is 490 g/mol. The molecule has 1 aromatic heterocycles. The smallest absolute Gasteiger partial charge is 0.339 e. The van der Waals surface area contributed by atoms with E-state index in [1.54, 1.807) is 42.5 Å². The number of hydrogen-bond donors (Lipinski definition) is 1. The minimum Gasteiger partial charge on any atom is -0.378 e. The molecule has 0 atom stereocenters. The van der Waals surface area contributed by atoms with E-state index in [-0.39, 0.29) is 10.6 Å². The minimum absolute atomic E-state index is 0.0829. The van der Waals surface area contributed by atoms with Crippen LogP contribution in [0.2, 0.25) is 0 Å². The zero-order chi connectivity index (χ0) is 24.8. The van der Waals surface area contributed by atoms with Crippen LogP contribution in [0, 0.1) is 0 Å². The second kappa shape index (κ2) is 10.6. The van der Waals surface area contributed by atoms with Gasteiger partial charge in [-0.25, -0.2) is 4.98 Å². The molecule has 8 heteroatoms. The maximum atomic E-state index is 12.7. The fourth-order valence-electron chi connectivity index (χ4n) is 3.52. The van der Waals surface area contributed by atoms with Crippen LogP contribution in [0.3, 0.4) is 0 Å². The number of nitrogens with zero attached hydrogens (tertiary/aromatic N) is 2. The molecule has 0 bridgehead atoms. The Morgan fingerprint density at radius 3 is 2.03 bits per heavy atom. The normalized spacial score (nSPS) is 11.4. The van der Waals surface area contributed by atoms with E-state index in [0.29, 0.717) is 10.7 Å². The van der Waals surface area contributed by atoms with Gasteiger partial charge >= 0.3 is 10.1 Å². The molecule has 0 unspecified atom stereocenters. The predicted octanol–water partition coefficient (Wildman–Crippen LogP) is 6.69. The Hall–Kier alpha value is -4.27. The molecule has 36 heavy (non-hydrogen) atoms. The monoisotopic (exact) mass is 511 g/mol. The number of nitrogens with one attached hydrogen (secondary N) is 1. The molecule has 5 rings (SSSR count). The molecule has 1 N–H and O–H groups in total. The predicted molar refractivity (Wildman–Crippen MR) is 145 cm³/mol. The van der Waals surface area contributed by atoms with Crippen LogP contribution in [0.5, 0.6) is 5.75 Å². The number of hydrazone groups is 1. The molecule has 0 fully saturated rings. The van der Waals surface area contributed by atoms with Gasteiger partial charge in [0.25, 0.3) is 0 Å². The van der Waals surface area contributed by atoms with Crippen molar-refractivity contribution in [2.75, 3.05) is 5.43 Å². The van der Waals surface area contributed by atoms with Gasteiger partial charge in [0.1, 0.15) is 4.90 Å². The molecule has 0 radical (unpaired) electrons. The topological polar surface area (TPSA) is 80.7 Å². The van der Waals surface area contributed by atoms with Crippen LogP contribution in [0.15, 0.2) is 125 Å². The molecule has 0 spiro atoms. The molecule has 178 valence electrons. The first-order valence-electron chi connectivity index (χ1n) is 11.1. The molecule has 1 heterocycles. The molecule has 0 amide bonds. The summed E-state index contributed by atoms with van der Waals surface area (Å²) in [7, 11) is -3.97. The summed E-state index contributed by atoms with van der Waals surface area (Å²) in [4.78, 5) is 5.88. The first-order chi connectivity index (χ1) is 17.6. The minimum atomic E-state index is -3.97. The summed E-state index contributed by atoms with van der Waals surface area (Å²) in [5.41, 5.74) is 6.43. The SMILES string of the molecule is O=S(=O)(Oc1ccccc1/C=N\Nc1nc(-c2ccccc2)c(-c2ccccc2)s1)c1ccccc1. The lowest BCUT2D eigenvalue weighted by molar-refractivity contribution is 0.485. The van der Waals surface area contributed by atoms with Gasteiger partial charge < -0.3 is 4.18 Å². The number of thiazole rings is 1. The molecule has 0 saturated heterocycles. The van der Waals surface area contributed by atoms with Gasteiger partial charge in [-0.1, -0.05) is 102 Å². The molecule has 5 aromatic rings. The second-order valence-corrected chi connectivity index (χ2v) is 10.2. The van der Waals surface area contributed by atoms with Gasteiger partial charge in [-0.2, -0.15) is 13.5 Å². The van der Waals surface area contributed by atoms with E-state index in [0.717, 1.165) is 21.7 Å². The van der Waals surface area contributed by atoms with Crippen LogP contribution in [0.4, 0.5) is 5.13 Å². The van der Waals surface area contributed by atoms with Crippen molar-refractivity contribution in [3.8, 4) is 27.4 Å². The van der Waals surface area contributed by atoms with Crippen molar-refractivity contribution in [3.63, 3.8) is 0 Å². The van der Waals surface area contributed by atoms with E-state index < -0.39 is 10.1 Å². The maximum Gasteiger partial charge on any atom is 0.339 e. The van der Waals surface area contributed by atoms with E-state index in [2.05, 4.69) is 10.5 Å². The van der Waals surface area contributed by atoms with E-state index in [4.69, 9.17) is 9.17 Å². The number of hydrogen-bond acceptors (Lipinski definition) is 7. The maximum absolute atomic E-state index is 12.7. The largest absolute Gasteiger partial charge is 0.378 e. The van der Waals surface area contributed by atoms with Crippen LogP contribution < -0.4 is 9.61 Å². The highest BCUT2D eigenvalue weighted by atomic mass is 32.2. The summed E-state index contributed by atoms with van der Waals surface area (Å²) in [6.07, 6.45) is 1.52. The van der Waals surface area contributed by atoms with Gasteiger partial charge in [0.15, 0.2) is 5.75 Å². The van der Waals surface area contributed by atoms with Crippen molar-refractivity contribution < 1.29 is 12.6 Å². The average molecular weight is 512 g/mol. The van der Waals surface area contributed by atoms with Gasteiger partial charge in [-0.3, -0.25) is 5.43 Å². The standard InChI is InChI=1S/C28H21N3O3S2/c32-36(33,24-17-8-3-9-18-24)34-25-19-11-10-16-23(25)20-29-31-28-30-26(21-12-4-1-5-13-21)27(35-28)22-14-6-2-7-15-22/h1-20H,(H,30,31)/b29-20-. The van der Waals surface area contributed by atoms with E-state index in [1.165, 1.54) is 29.7 Å². The zero-order valence-electron chi connectivity index (χ0n) is 19.0. The lowest BCUT2D eigenvalue weighted by atomic mass is 10.1. The third kappa shape index (κ3) is 5.35. The van der Waals surface area contributed by atoms with Crippen molar-refractivity contribution in [1.82, 2.24) is 4.98 Å². The molecular formula is C28H21N3O3S2. The van der Waals surface area contributed by atoms with Crippen LogP contribution in [0.25, 0.3) is 21.7 Å². The third-order valence-electron chi connectivity index (χ3n) is 5.22. The Balaban J connectivity index is 1.40. The van der Waals surface area contributed by atoms with Crippen LogP contribution >= 0.6 is 11.3 Å². The van der Waals surface area contributed by atoms with Gasteiger partial charge in [0.2, 0.25) is 5.13 Å². The fourth-order valence-corrected chi connectivity index (χ4v) is 5.44. The Labute approximate surface area is 213 Å². The third-order valence-corrected chi connectivity index (χ3v) is 7.48. The van der Waals surface area contributed by atoms with Gasteiger partial charge in [0.05, 0.1) is 16.8 Å². The van der Waals surface area contributed by atoms with Crippen molar-refractivity contribution >= 4 is 32.8 Å². The molecule has 4 aromatic carbocycles. The summed E-state index contributed by atoms with van der Waals surface area (Å²) in [5, 5.41) is 4.93. The van der Waals surface area contributed by atoms with E-state index >= 15 is 0 Å². The van der Waals surface area contributed by atoms with Gasteiger partial charge in [-0.15, -0.1) is 0 Å². The molecule has 0 aliphatic heterocycles. The Kier molecular flexibility index (Phi) is 6.88. The number of anilines is 1. The van der Waals surface area contributed by atoms with Gasteiger partial charge in [0, 0.05) is 11.1 Å². The van der Waals surface area contributed by atoms with Crippen LogP contribution in [0.1, 0.15) is 5.56 Å². The molecule has 0 saturated carbocycles. The summed E-state index contributed by atoms with van der Waals surface area (Å²) in [6, 6.07) is 34.9. The van der Waals surface area contributed by atoms with Crippen molar-refractivity contribution in [2.45, 2.75) is 4.90 Å². The van der Waals surface area contributed by atoms with Crippen molar-refractivity contribution in [3.05, 3.63) is 121 Å². The number of benzene rings is 4. The summed E-state index contributed by atoms with van der Waals surface area (Å²) in [5.74, 6) is 0.181. The zero-order valence-corrected chi connectivity index (χ0v) is 20.6. The number of rotatable bonds is 8. The summed E-state index contributed by atoms with van der Waals surface area (Å²) >= 11 is 1.49. The summed E-state index contributed by atoms with van der Waals surface area (Å²) in [6.45, 7) is 0. The molecule has 0 aliphatic rings. The second-order valence-electron chi connectivity index (χ2n) is 7.69. The Morgan fingerprint density at radius 1 is 0.750 bits per heavy atom. The highest BCUT2D eigenvalue weighted by molar-refractivity contribution is 7.87. The lowest BCUT2D eigenvalue weighted by Gasteiger charge is -2.09. The Morgan fingerprint density at radius 2 is 1.33 bits per heavy atom. The fraction of sp³-hybridized carbons (Fsp3) is 0. The van der Waals surface area contributed by atoms with Crippen molar-refractivity contribution in [2.24, 2.45) is 5.10 Å². The quantitative estimate of drug-likeness (QED) is 0.143. The summed E-state index contributed by atoms with van der Waals surface area (Å²) < 4.78 is 30.7. The van der Waals surface area contributed by atoms with E-state index in [9.17, 15) is 8.42 Å². The lowest BCUT2D eigenvalue weighted by Crippen LogP contribution is -2.10. The van der Waals surface area contributed by atoms with Gasteiger partial charge in [-0.05, 0) is 29.8 Å². The molecule has 6 nitrogen and oxygen atoms in total.